The topological polar surface area (TPSA) is 12.5 Å². The van der Waals surface area contributed by atoms with Gasteiger partial charge >= 0.3 is 0 Å². The second-order valence-electron chi connectivity index (χ2n) is 7.27. The molecule has 2 fully saturated rings. The van der Waals surface area contributed by atoms with Crippen molar-refractivity contribution in [1.29, 1.82) is 0 Å². The van der Waals surface area contributed by atoms with E-state index in [1.807, 2.05) is 12.1 Å². The van der Waals surface area contributed by atoms with Crippen LogP contribution in [0.4, 0.5) is 0 Å². The van der Waals surface area contributed by atoms with Crippen LogP contribution in [0.15, 0.2) is 48.5 Å². The van der Waals surface area contributed by atoms with Gasteiger partial charge in [0.25, 0.3) is 0 Å². The van der Waals surface area contributed by atoms with Gasteiger partial charge in [-0.25, -0.2) is 0 Å². The van der Waals surface area contributed by atoms with E-state index in [-0.39, 0.29) is 0 Å². The lowest BCUT2D eigenvalue weighted by Gasteiger charge is -2.43. The van der Waals surface area contributed by atoms with Crippen molar-refractivity contribution in [3.05, 3.63) is 64.1 Å². The summed E-state index contributed by atoms with van der Waals surface area (Å²) in [5.41, 5.74) is 1.44. The molecule has 2 heterocycles. The maximum atomic E-state index is 6.16. The quantitative estimate of drug-likeness (QED) is 0.685. The number of fused-ring (bicyclic) bond motifs is 2. The third-order valence-corrected chi connectivity index (χ3v) is 6.73. The van der Waals surface area contributed by atoms with Crippen LogP contribution in [0.2, 0.25) is 10.0 Å². The van der Waals surface area contributed by atoms with E-state index in [9.17, 15) is 0 Å². The lowest BCUT2D eigenvalue weighted by atomic mass is 9.76. The van der Waals surface area contributed by atoms with E-state index in [4.69, 9.17) is 27.9 Å². The summed E-state index contributed by atoms with van der Waals surface area (Å²) < 4.78 is 6.16. The zero-order chi connectivity index (χ0) is 17.4. The van der Waals surface area contributed by atoms with Crippen molar-refractivity contribution in [3.8, 4) is 5.75 Å². The molecular weight excluding hydrogens is 353 g/mol. The number of rotatable bonds is 4. The molecular formula is C21H23Cl2NO. The highest BCUT2D eigenvalue weighted by Gasteiger charge is 2.46. The summed E-state index contributed by atoms with van der Waals surface area (Å²) in [6, 6.07) is 17.7. The Bertz CT molecular complexity index is 736. The average Bonchev–Trinajstić information content (AvgIpc) is 2.87. The second kappa shape index (κ2) is 7.19. The molecule has 2 aromatic carbocycles. The van der Waals surface area contributed by atoms with Gasteiger partial charge in [-0.05, 0) is 49.9 Å². The van der Waals surface area contributed by atoms with Gasteiger partial charge < -0.3 is 9.64 Å². The van der Waals surface area contributed by atoms with E-state index in [1.165, 1.54) is 24.8 Å². The Kier molecular flexibility index (Phi) is 4.95. The molecule has 2 saturated heterocycles. The minimum absolute atomic E-state index is 0.487. The molecule has 4 heteroatoms. The Morgan fingerprint density at radius 1 is 1.04 bits per heavy atom. The van der Waals surface area contributed by atoms with Gasteiger partial charge in [0.2, 0.25) is 0 Å². The summed E-state index contributed by atoms with van der Waals surface area (Å²) in [6.07, 6.45) is 3.78. The van der Waals surface area contributed by atoms with Crippen LogP contribution in [0.5, 0.6) is 5.75 Å². The zero-order valence-corrected chi connectivity index (χ0v) is 15.9. The molecule has 2 aliphatic heterocycles. The summed E-state index contributed by atoms with van der Waals surface area (Å²) in [4.78, 5) is 2.57. The maximum absolute atomic E-state index is 6.16. The smallest absolute Gasteiger partial charge is 0.120 e. The molecule has 3 unspecified atom stereocenters. The second-order valence-corrected chi connectivity index (χ2v) is 8.08. The third-order valence-electron chi connectivity index (χ3n) is 5.99. The van der Waals surface area contributed by atoms with Gasteiger partial charge in [-0.3, -0.25) is 0 Å². The Morgan fingerprint density at radius 3 is 2.60 bits per heavy atom. The maximum Gasteiger partial charge on any atom is 0.120 e. The van der Waals surface area contributed by atoms with Gasteiger partial charge in [0.1, 0.15) is 5.75 Å². The number of piperidine rings is 1. The molecule has 0 radical (unpaired) electrons. The first-order valence-electron chi connectivity index (χ1n) is 8.98. The fraction of sp³-hybridized carbons (Fsp3) is 0.429. The molecule has 0 saturated carbocycles. The van der Waals surface area contributed by atoms with Crippen molar-refractivity contribution >= 4 is 23.2 Å². The highest BCUT2D eigenvalue weighted by atomic mass is 35.5. The standard InChI is InChI=1S/C21H23Cl2NO/c1-24-15-7-10-21(24)18(17(11-15)14-5-3-2-4-6-14)13-25-16-8-9-19(22)20(23)12-16/h2-6,8-9,12,15,17-18,21H,7,10-11,13H2,1H3/t15?,17-,18?,21?/m1/s1. The lowest BCUT2D eigenvalue weighted by Crippen LogP contribution is -2.47. The van der Waals surface area contributed by atoms with Crippen LogP contribution in [0, 0.1) is 5.92 Å². The average molecular weight is 376 g/mol. The number of hydrogen-bond acceptors (Lipinski definition) is 2. The lowest BCUT2D eigenvalue weighted by molar-refractivity contribution is 0.0666. The molecule has 0 amide bonds. The van der Waals surface area contributed by atoms with E-state index >= 15 is 0 Å². The Hall–Kier alpha value is -1.22. The van der Waals surface area contributed by atoms with E-state index in [2.05, 4.69) is 42.3 Å². The third kappa shape index (κ3) is 3.40. The normalized spacial score (nSPS) is 28.9. The van der Waals surface area contributed by atoms with Gasteiger partial charge in [-0.1, -0.05) is 53.5 Å². The van der Waals surface area contributed by atoms with Crippen LogP contribution in [0.1, 0.15) is 30.7 Å². The van der Waals surface area contributed by atoms with Crippen molar-refractivity contribution in [2.24, 2.45) is 5.92 Å². The highest BCUT2D eigenvalue weighted by molar-refractivity contribution is 6.42. The van der Waals surface area contributed by atoms with Gasteiger partial charge in [-0.15, -0.1) is 0 Å². The number of nitrogens with zero attached hydrogens (tertiary/aromatic N) is 1. The van der Waals surface area contributed by atoms with Gasteiger partial charge in [-0.2, -0.15) is 0 Å². The SMILES string of the molecule is CN1C2CCC1C(COc1ccc(Cl)c(Cl)c1)[C@@H](c1ccccc1)C2. The number of benzene rings is 2. The largest absolute Gasteiger partial charge is 0.493 e. The molecule has 0 N–H and O–H groups in total. The first-order chi connectivity index (χ1) is 12.1. The van der Waals surface area contributed by atoms with Crippen LogP contribution in [-0.2, 0) is 0 Å². The molecule has 0 spiro atoms. The van der Waals surface area contributed by atoms with E-state index in [0.29, 0.717) is 40.6 Å². The Morgan fingerprint density at radius 2 is 1.84 bits per heavy atom. The van der Waals surface area contributed by atoms with E-state index in [1.54, 1.807) is 6.07 Å². The van der Waals surface area contributed by atoms with Gasteiger partial charge in [0, 0.05) is 24.1 Å². The van der Waals surface area contributed by atoms with E-state index in [0.717, 1.165) is 5.75 Å². The molecule has 2 bridgehead atoms. The minimum atomic E-state index is 0.487. The predicted molar refractivity (Wildman–Crippen MR) is 104 cm³/mol. The fourth-order valence-electron chi connectivity index (χ4n) is 4.65. The molecule has 4 atom stereocenters. The summed E-state index contributed by atoms with van der Waals surface area (Å²) in [6.45, 7) is 0.708. The predicted octanol–water partition coefficient (Wildman–Crippen LogP) is 5.64. The van der Waals surface area contributed by atoms with Crippen molar-refractivity contribution < 1.29 is 4.74 Å². The first kappa shape index (κ1) is 17.2. The Labute approximate surface area is 159 Å². The van der Waals surface area contributed by atoms with Gasteiger partial charge in [0.05, 0.1) is 16.7 Å². The number of hydrogen-bond donors (Lipinski definition) is 0. The molecule has 2 nitrogen and oxygen atoms in total. The summed E-state index contributed by atoms with van der Waals surface area (Å²) >= 11 is 12.1. The van der Waals surface area contributed by atoms with Crippen molar-refractivity contribution in [1.82, 2.24) is 4.90 Å². The fourth-order valence-corrected chi connectivity index (χ4v) is 4.94. The van der Waals surface area contributed by atoms with Crippen LogP contribution in [0.25, 0.3) is 0 Å². The van der Waals surface area contributed by atoms with Crippen LogP contribution in [-0.4, -0.2) is 30.6 Å². The molecule has 25 heavy (non-hydrogen) atoms. The molecule has 4 rings (SSSR count). The van der Waals surface area contributed by atoms with Crippen molar-refractivity contribution in [2.45, 2.75) is 37.3 Å². The van der Waals surface area contributed by atoms with Crippen LogP contribution < -0.4 is 4.74 Å². The van der Waals surface area contributed by atoms with Crippen LogP contribution in [0.3, 0.4) is 0 Å². The van der Waals surface area contributed by atoms with E-state index < -0.39 is 0 Å². The van der Waals surface area contributed by atoms with Crippen molar-refractivity contribution in [3.63, 3.8) is 0 Å². The minimum Gasteiger partial charge on any atom is -0.493 e. The van der Waals surface area contributed by atoms with Crippen molar-refractivity contribution in [2.75, 3.05) is 13.7 Å². The number of ether oxygens (including phenoxy) is 1. The first-order valence-corrected chi connectivity index (χ1v) is 9.74. The molecule has 0 aliphatic carbocycles. The zero-order valence-electron chi connectivity index (χ0n) is 14.4. The monoisotopic (exact) mass is 375 g/mol. The molecule has 132 valence electrons. The highest BCUT2D eigenvalue weighted by Crippen LogP contribution is 2.46. The molecule has 2 aromatic rings. The summed E-state index contributed by atoms with van der Waals surface area (Å²) in [7, 11) is 2.27. The molecule has 2 aliphatic rings. The Balaban J connectivity index is 1.56. The molecule has 0 aromatic heterocycles. The van der Waals surface area contributed by atoms with Gasteiger partial charge in [0.15, 0.2) is 0 Å². The number of halogens is 2. The summed E-state index contributed by atoms with van der Waals surface area (Å²) in [5, 5.41) is 1.10. The van der Waals surface area contributed by atoms with Crippen LogP contribution >= 0.6 is 23.2 Å². The summed E-state index contributed by atoms with van der Waals surface area (Å²) in [5.74, 6) is 1.84.